The minimum absolute atomic E-state index is 0.271. The first-order valence-electron chi connectivity index (χ1n) is 5.61. The number of phenolic OH excluding ortho intramolecular Hbond substituents is 1. The van der Waals surface area contributed by atoms with Crippen molar-refractivity contribution in [3.8, 4) is 5.75 Å². The van der Waals surface area contributed by atoms with Crippen molar-refractivity contribution < 1.29 is 10.2 Å². The Balaban J connectivity index is 2.28. The summed E-state index contributed by atoms with van der Waals surface area (Å²) in [6.07, 6.45) is 0.360. The summed E-state index contributed by atoms with van der Waals surface area (Å²) in [4.78, 5) is 0. The minimum Gasteiger partial charge on any atom is -0.508 e. The maximum absolute atomic E-state index is 9.80. The van der Waals surface area contributed by atoms with Gasteiger partial charge in [-0.05, 0) is 35.8 Å². The lowest BCUT2D eigenvalue weighted by Crippen LogP contribution is -2.14. The van der Waals surface area contributed by atoms with E-state index in [1.54, 1.807) is 23.9 Å². The molecule has 2 N–H and O–H groups in total. The molecular formula is C13H20O2S. The average molecular weight is 240 g/mol. The van der Waals surface area contributed by atoms with Crippen LogP contribution in [0.2, 0.25) is 0 Å². The van der Waals surface area contributed by atoms with Gasteiger partial charge in [0.05, 0.1) is 6.10 Å². The van der Waals surface area contributed by atoms with Crippen LogP contribution < -0.4 is 0 Å². The van der Waals surface area contributed by atoms with E-state index in [4.69, 9.17) is 5.11 Å². The van der Waals surface area contributed by atoms with E-state index in [0.717, 1.165) is 17.1 Å². The number of aromatic hydroxyl groups is 1. The molecule has 0 fully saturated rings. The fourth-order valence-corrected chi connectivity index (χ4v) is 2.40. The second kappa shape index (κ2) is 6.81. The number of aliphatic hydroxyl groups is 1. The highest BCUT2D eigenvalue weighted by Crippen LogP contribution is 2.14. The Morgan fingerprint density at radius 3 is 2.31 bits per heavy atom. The fourth-order valence-electron chi connectivity index (χ4n) is 1.40. The van der Waals surface area contributed by atoms with Crippen LogP contribution in [0.5, 0.6) is 5.75 Å². The molecule has 0 heterocycles. The first kappa shape index (κ1) is 13.4. The zero-order chi connectivity index (χ0) is 12.0. The third kappa shape index (κ3) is 5.42. The SMILES string of the molecule is CC(C)CSCC(O)Cc1ccc(O)cc1. The van der Waals surface area contributed by atoms with Gasteiger partial charge < -0.3 is 10.2 Å². The third-order valence-corrected chi connectivity index (χ3v) is 3.69. The summed E-state index contributed by atoms with van der Waals surface area (Å²) in [5.74, 6) is 2.81. The zero-order valence-electron chi connectivity index (χ0n) is 9.89. The number of rotatable bonds is 6. The van der Waals surface area contributed by atoms with E-state index in [0.29, 0.717) is 12.3 Å². The molecule has 0 radical (unpaired) electrons. The van der Waals surface area contributed by atoms with Gasteiger partial charge in [-0.2, -0.15) is 11.8 Å². The topological polar surface area (TPSA) is 40.5 Å². The van der Waals surface area contributed by atoms with Gasteiger partial charge in [-0.3, -0.25) is 0 Å². The summed E-state index contributed by atoms with van der Waals surface area (Å²) in [7, 11) is 0. The number of hydrogen-bond acceptors (Lipinski definition) is 3. The van der Waals surface area contributed by atoms with Gasteiger partial charge in [0.1, 0.15) is 5.75 Å². The van der Waals surface area contributed by atoms with Gasteiger partial charge in [0.25, 0.3) is 0 Å². The standard InChI is InChI=1S/C13H20O2S/c1-10(2)8-16-9-13(15)7-11-3-5-12(14)6-4-11/h3-6,10,13-15H,7-9H2,1-2H3. The molecule has 90 valence electrons. The molecule has 0 aliphatic carbocycles. The van der Waals surface area contributed by atoms with Gasteiger partial charge in [0.2, 0.25) is 0 Å². The van der Waals surface area contributed by atoms with Crippen molar-refractivity contribution in [1.29, 1.82) is 0 Å². The predicted molar refractivity (Wildman–Crippen MR) is 70.0 cm³/mol. The largest absolute Gasteiger partial charge is 0.508 e. The van der Waals surface area contributed by atoms with Crippen molar-refractivity contribution in [2.45, 2.75) is 26.4 Å². The van der Waals surface area contributed by atoms with Gasteiger partial charge >= 0.3 is 0 Å². The first-order chi connectivity index (χ1) is 7.58. The normalized spacial score (nSPS) is 13.0. The Morgan fingerprint density at radius 1 is 1.12 bits per heavy atom. The molecule has 1 aromatic rings. The lowest BCUT2D eigenvalue weighted by atomic mass is 10.1. The molecule has 16 heavy (non-hydrogen) atoms. The number of phenols is 1. The van der Waals surface area contributed by atoms with Gasteiger partial charge in [0.15, 0.2) is 0 Å². The van der Waals surface area contributed by atoms with Crippen molar-refractivity contribution in [3.05, 3.63) is 29.8 Å². The van der Waals surface area contributed by atoms with E-state index in [-0.39, 0.29) is 11.9 Å². The van der Waals surface area contributed by atoms with Crippen molar-refractivity contribution >= 4 is 11.8 Å². The molecule has 0 bridgehead atoms. The van der Waals surface area contributed by atoms with Crippen LogP contribution in [0.3, 0.4) is 0 Å². The number of thioether (sulfide) groups is 1. The van der Waals surface area contributed by atoms with Gasteiger partial charge in [-0.25, -0.2) is 0 Å². The second-order valence-corrected chi connectivity index (χ2v) is 5.53. The molecule has 0 amide bonds. The Morgan fingerprint density at radius 2 is 1.75 bits per heavy atom. The predicted octanol–water partition coefficient (Wildman–Crippen LogP) is 2.68. The molecule has 1 atom stereocenters. The summed E-state index contributed by atoms with van der Waals surface area (Å²) >= 11 is 1.79. The second-order valence-electron chi connectivity index (χ2n) is 4.46. The Kier molecular flexibility index (Phi) is 5.71. The average Bonchev–Trinajstić information content (AvgIpc) is 2.21. The molecule has 3 heteroatoms. The van der Waals surface area contributed by atoms with E-state index in [9.17, 15) is 5.11 Å². The monoisotopic (exact) mass is 240 g/mol. The Hall–Kier alpha value is -0.670. The molecular weight excluding hydrogens is 220 g/mol. The van der Waals surface area contributed by atoms with Gasteiger partial charge in [0, 0.05) is 5.75 Å². The summed E-state index contributed by atoms with van der Waals surface area (Å²) < 4.78 is 0. The summed E-state index contributed by atoms with van der Waals surface area (Å²) in [6.45, 7) is 4.36. The molecule has 0 saturated carbocycles. The van der Waals surface area contributed by atoms with E-state index in [1.165, 1.54) is 0 Å². The van der Waals surface area contributed by atoms with Gasteiger partial charge in [-0.15, -0.1) is 0 Å². The van der Waals surface area contributed by atoms with Crippen LogP contribution in [0.4, 0.5) is 0 Å². The first-order valence-corrected chi connectivity index (χ1v) is 6.77. The van der Waals surface area contributed by atoms with Crippen molar-refractivity contribution in [1.82, 2.24) is 0 Å². The lowest BCUT2D eigenvalue weighted by molar-refractivity contribution is 0.200. The fraction of sp³-hybridized carbons (Fsp3) is 0.538. The third-order valence-electron chi connectivity index (χ3n) is 2.17. The summed E-state index contributed by atoms with van der Waals surface area (Å²) in [6, 6.07) is 7.02. The zero-order valence-corrected chi connectivity index (χ0v) is 10.7. The molecule has 0 aromatic heterocycles. The summed E-state index contributed by atoms with van der Waals surface area (Å²) in [5, 5.41) is 18.9. The minimum atomic E-state index is -0.298. The molecule has 1 rings (SSSR count). The van der Waals surface area contributed by atoms with Crippen molar-refractivity contribution in [2.75, 3.05) is 11.5 Å². The highest BCUT2D eigenvalue weighted by atomic mass is 32.2. The van der Waals surface area contributed by atoms with E-state index in [2.05, 4.69) is 13.8 Å². The Labute approximate surface area is 102 Å². The van der Waals surface area contributed by atoms with Gasteiger partial charge in [-0.1, -0.05) is 26.0 Å². The highest BCUT2D eigenvalue weighted by Gasteiger charge is 2.06. The molecule has 1 aromatic carbocycles. The van der Waals surface area contributed by atoms with E-state index < -0.39 is 0 Å². The molecule has 0 aliphatic heterocycles. The number of hydrogen-bond donors (Lipinski definition) is 2. The van der Waals surface area contributed by atoms with Crippen LogP contribution in [0.15, 0.2) is 24.3 Å². The van der Waals surface area contributed by atoms with Crippen molar-refractivity contribution in [3.63, 3.8) is 0 Å². The maximum atomic E-state index is 9.80. The van der Waals surface area contributed by atoms with Crippen LogP contribution in [0.1, 0.15) is 19.4 Å². The maximum Gasteiger partial charge on any atom is 0.115 e. The van der Waals surface area contributed by atoms with E-state index in [1.807, 2.05) is 12.1 Å². The van der Waals surface area contributed by atoms with Crippen LogP contribution in [-0.2, 0) is 6.42 Å². The van der Waals surface area contributed by atoms with Crippen LogP contribution >= 0.6 is 11.8 Å². The molecule has 0 saturated heterocycles. The number of aliphatic hydroxyl groups excluding tert-OH is 1. The van der Waals surface area contributed by atoms with Crippen LogP contribution in [0.25, 0.3) is 0 Å². The molecule has 0 spiro atoms. The molecule has 1 unspecified atom stereocenters. The van der Waals surface area contributed by atoms with Crippen LogP contribution in [0, 0.1) is 5.92 Å². The van der Waals surface area contributed by atoms with E-state index >= 15 is 0 Å². The lowest BCUT2D eigenvalue weighted by Gasteiger charge is -2.11. The quantitative estimate of drug-likeness (QED) is 0.803. The van der Waals surface area contributed by atoms with Crippen molar-refractivity contribution in [2.24, 2.45) is 5.92 Å². The smallest absolute Gasteiger partial charge is 0.115 e. The Bertz CT molecular complexity index is 295. The van der Waals surface area contributed by atoms with Crippen LogP contribution in [-0.4, -0.2) is 27.8 Å². The molecule has 2 nitrogen and oxygen atoms in total. The highest BCUT2D eigenvalue weighted by molar-refractivity contribution is 7.99. The summed E-state index contributed by atoms with van der Waals surface area (Å²) in [5.41, 5.74) is 1.07. The number of benzene rings is 1. The molecule has 0 aliphatic rings.